The summed E-state index contributed by atoms with van der Waals surface area (Å²) in [6, 6.07) is 0. The largest absolute Gasteiger partial charge is 0.312 e. The van der Waals surface area contributed by atoms with Gasteiger partial charge in [0.1, 0.15) is 5.82 Å². The summed E-state index contributed by atoms with van der Waals surface area (Å²) in [5.41, 5.74) is 4.28. The molecule has 0 radical (unpaired) electrons. The van der Waals surface area contributed by atoms with Gasteiger partial charge in [0.15, 0.2) is 0 Å². The van der Waals surface area contributed by atoms with Gasteiger partial charge in [0, 0.05) is 36.2 Å². The molecule has 0 bridgehead atoms. The van der Waals surface area contributed by atoms with E-state index in [1.807, 2.05) is 0 Å². The highest BCUT2D eigenvalue weighted by atomic mass is 15.0. The molecule has 92 valence electrons. The lowest BCUT2D eigenvalue weighted by atomic mass is 10.0. The van der Waals surface area contributed by atoms with Gasteiger partial charge in [0.2, 0.25) is 0 Å². The zero-order chi connectivity index (χ0) is 11.9. The van der Waals surface area contributed by atoms with Crippen LogP contribution in [-0.2, 0) is 24.8 Å². The molecule has 0 atom stereocenters. The number of hydrogen-bond acceptors (Lipinski definition) is 3. The molecular formula is C14H21N3. The summed E-state index contributed by atoms with van der Waals surface area (Å²) in [6.45, 7) is 6.54. The standard InChI is InChI=1S/C14H21N3/c1-3-4-11-10-9-15-8-5-12(10)17-13(16-11)14(2)6-7-14/h15H,3-9H2,1-2H3. The number of rotatable bonds is 3. The first-order valence-electron chi connectivity index (χ1n) is 6.83. The van der Waals surface area contributed by atoms with Crippen LogP contribution in [0.15, 0.2) is 0 Å². The normalized spacial score (nSPS) is 21.1. The molecule has 0 unspecified atom stereocenters. The highest BCUT2D eigenvalue weighted by Crippen LogP contribution is 2.46. The van der Waals surface area contributed by atoms with Crippen molar-refractivity contribution in [2.24, 2.45) is 0 Å². The smallest absolute Gasteiger partial charge is 0.134 e. The van der Waals surface area contributed by atoms with Gasteiger partial charge in [-0.3, -0.25) is 0 Å². The van der Waals surface area contributed by atoms with E-state index in [2.05, 4.69) is 19.2 Å². The lowest BCUT2D eigenvalue weighted by molar-refractivity contribution is 0.591. The third-order valence-corrected chi connectivity index (χ3v) is 4.05. The van der Waals surface area contributed by atoms with E-state index >= 15 is 0 Å². The molecule has 1 N–H and O–H groups in total. The fourth-order valence-corrected chi connectivity index (χ4v) is 2.54. The molecule has 1 aliphatic carbocycles. The van der Waals surface area contributed by atoms with Crippen molar-refractivity contribution in [1.82, 2.24) is 15.3 Å². The predicted molar refractivity (Wildman–Crippen MR) is 68.0 cm³/mol. The monoisotopic (exact) mass is 231 g/mol. The van der Waals surface area contributed by atoms with Gasteiger partial charge in [-0.2, -0.15) is 0 Å². The first-order chi connectivity index (χ1) is 8.23. The first kappa shape index (κ1) is 11.1. The van der Waals surface area contributed by atoms with Gasteiger partial charge in [0.25, 0.3) is 0 Å². The van der Waals surface area contributed by atoms with Crippen LogP contribution in [0.25, 0.3) is 0 Å². The molecule has 0 saturated heterocycles. The molecule has 3 heteroatoms. The number of aromatic nitrogens is 2. The van der Waals surface area contributed by atoms with Crippen LogP contribution >= 0.6 is 0 Å². The Morgan fingerprint density at radius 2 is 2.12 bits per heavy atom. The summed E-state index contributed by atoms with van der Waals surface area (Å²) in [4.78, 5) is 9.70. The molecule has 1 fully saturated rings. The maximum atomic E-state index is 4.86. The average Bonchev–Trinajstić information content (AvgIpc) is 3.09. The van der Waals surface area contributed by atoms with Crippen molar-refractivity contribution in [3.8, 4) is 0 Å². The molecule has 2 heterocycles. The van der Waals surface area contributed by atoms with E-state index in [0.29, 0.717) is 5.41 Å². The number of aryl methyl sites for hydroxylation is 1. The van der Waals surface area contributed by atoms with Crippen LogP contribution < -0.4 is 5.32 Å². The molecule has 0 spiro atoms. The van der Waals surface area contributed by atoms with Crippen LogP contribution in [0.3, 0.4) is 0 Å². The van der Waals surface area contributed by atoms with Crippen molar-refractivity contribution in [1.29, 1.82) is 0 Å². The van der Waals surface area contributed by atoms with Crippen molar-refractivity contribution in [3.05, 3.63) is 22.8 Å². The Morgan fingerprint density at radius 1 is 1.29 bits per heavy atom. The molecule has 1 aromatic rings. The van der Waals surface area contributed by atoms with Gasteiger partial charge < -0.3 is 5.32 Å². The van der Waals surface area contributed by atoms with Crippen molar-refractivity contribution in [2.75, 3.05) is 6.54 Å². The molecule has 3 rings (SSSR count). The van der Waals surface area contributed by atoms with Gasteiger partial charge in [0.05, 0.1) is 5.69 Å². The number of hydrogen-bond donors (Lipinski definition) is 1. The lowest BCUT2D eigenvalue weighted by Gasteiger charge is -2.21. The molecule has 2 aliphatic rings. The number of nitrogens with one attached hydrogen (secondary N) is 1. The summed E-state index contributed by atoms with van der Waals surface area (Å²) in [7, 11) is 0. The quantitative estimate of drug-likeness (QED) is 0.866. The minimum atomic E-state index is 0.294. The molecule has 1 aromatic heterocycles. The molecule has 17 heavy (non-hydrogen) atoms. The third kappa shape index (κ3) is 1.97. The van der Waals surface area contributed by atoms with Gasteiger partial charge in [-0.05, 0) is 19.3 Å². The van der Waals surface area contributed by atoms with Gasteiger partial charge >= 0.3 is 0 Å². The van der Waals surface area contributed by atoms with Crippen LogP contribution in [0.4, 0.5) is 0 Å². The fraction of sp³-hybridized carbons (Fsp3) is 0.714. The van der Waals surface area contributed by atoms with Crippen LogP contribution in [0, 0.1) is 0 Å². The highest BCUT2D eigenvalue weighted by Gasteiger charge is 2.42. The zero-order valence-corrected chi connectivity index (χ0v) is 10.8. The molecule has 0 amide bonds. The Balaban J connectivity index is 2.05. The molecule has 3 nitrogen and oxygen atoms in total. The van der Waals surface area contributed by atoms with E-state index in [-0.39, 0.29) is 0 Å². The van der Waals surface area contributed by atoms with Gasteiger partial charge in [-0.1, -0.05) is 20.3 Å². The van der Waals surface area contributed by atoms with Crippen molar-refractivity contribution in [2.45, 2.75) is 57.9 Å². The van der Waals surface area contributed by atoms with E-state index in [1.165, 1.54) is 36.2 Å². The third-order valence-electron chi connectivity index (χ3n) is 4.05. The van der Waals surface area contributed by atoms with Crippen LogP contribution in [0.2, 0.25) is 0 Å². The van der Waals surface area contributed by atoms with Gasteiger partial charge in [-0.25, -0.2) is 9.97 Å². The average molecular weight is 231 g/mol. The molecule has 1 aliphatic heterocycles. The highest BCUT2D eigenvalue weighted by molar-refractivity contribution is 5.31. The van der Waals surface area contributed by atoms with E-state index < -0.39 is 0 Å². The SMILES string of the molecule is CCCc1nc(C2(C)CC2)nc2c1CNCC2. The fourth-order valence-electron chi connectivity index (χ4n) is 2.54. The predicted octanol–water partition coefficient (Wildman–Crippen LogP) is 2.13. The van der Waals surface area contributed by atoms with Crippen LogP contribution in [0.5, 0.6) is 0 Å². The Morgan fingerprint density at radius 3 is 2.82 bits per heavy atom. The summed E-state index contributed by atoms with van der Waals surface area (Å²) in [5.74, 6) is 1.11. The maximum Gasteiger partial charge on any atom is 0.134 e. The second-order valence-electron chi connectivity index (χ2n) is 5.66. The molecule has 0 aromatic carbocycles. The Kier molecular flexibility index (Phi) is 2.66. The summed E-state index contributed by atoms with van der Waals surface area (Å²) in [5, 5.41) is 3.43. The molecular weight excluding hydrogens is 210 g/mol. The van der Waals surface area contributed by atoms with Gasteiger partial charge in [-0.15, -0.1) is 0 Å². The van der Waals surface area contributed by atoms with Crippen LogP contribution in [-0.4, -0.2) is 16.5 Å². The second-order valence-corrected chi connectivity index (χ2v) is 5.66. The minimum Gasteiger partial charge on any atom is -0.312 e. The summed E-state index contributed by atoms with van der Waals surface area (Å²) >= 11 is 0. The maximum absolute atomic E-state index is 4.86. The summed E-state index contributed by atoms with van der Waals surface area (Å²) in [6.07, 6.45) is 5.85. The minimum absolute atomic E-state index is 0.294. The number of nitrogens with zero attached hydrogens (tertiary/aromatic N) is 2. The van der Waals surface area contributed by atoms with Crippen molar-refractivity contribution in [3.63, 3.8) is 0 Å². The Bertz CT molecular complexity index is 435. The number of fused-ring (bicyclic) bond motifs is 1. The van der Waals surface area contributed by atoms with E-state index in [4.69, 9.17) is 9.97 Å². The van der Waals surface area contributed by atoms with E-state index in [0.717, 1.165) is 31.8 Å². The van der Waals surface area contributed by atoms with E-state index in [1.54, 1.807) is 0 Å². The van der Waals surface area contributed by atoms with Crippen molar-refractivity contribution < 1.29 is 0 Å². The topological polar surface area (TPSA) is 37.8 Å². The van der Waals surface area contributed by atoms with Crippen LogP contribution in [0.1, 0.15) is 55.9 Å². The zero-order valence-electron chi connectivity index (χ0n) is 10.8. The lowest BCUT2D eigenvalue weighted by Crippen LogP contribution is -2.28. The van der Waals surface area contributed by atoms with E-state index in [9.17, 15) is 0 Å². The Labute approximate surface area is 103 Å². The second kappa shape index (κ2) is 4.05. The van der Waals surface area contributed by atoms with Crippen molar-refractivity contribution >= 4 is 0 Å². The first-order valence-corrected chi connectivity index (χ1v) is 6.83. The Hall–Kier alpha value is -0.960. The molecule has 1 saturated carbocycles. The summed E-state index contributed by atoms with van der Waals surface area (Å²) < 4.78 is 0.